The minimum Gasteiger partial charge on any atom is -0.324 e. The predicted octanol–water partition coefficient (Wildman–Crippen LogP) is 3.35. The molecule has 76 valence electrons. The molecule has 0 amide bonds. The van der Waals surface area contributed by atoms with Gasteiger partial charge in [-0.15, -0.1) is 6.58 Å². The van der Waals surface area contributed by atoms with Gasteiger partial charge in [-0.05, 0) is 18.9 Å². The van der Waals surface area contributed by atoms with E-state index in [4.69, 9.17) is 28.9 Å². The van der Waals surface area contributed by atoms with Crippen LogP contribution < -0.4 is 5.73 Å². The van der Waals surface area contributed by atoms with Crippen molar-refractivity contribution in [3.8, 4) is 0 Å². The fraction of sp³-hybridized carbons (Fsp3) is 0.300. The zero-order chi connectivity index (χ0) is 10.6. The number of aromatic nitrogens is 1. The number of nitrogens with two attached hydrogens (primary N) is 1. The summed E-state index contributed by atoms with van der Waals surface area (Å²) in [6.07, 6.45) is 3.50. The van der Waals surface area contributed by atoms with Crippen molar-refractivity contribution in [3.05, 3.63) is 40.7 Å². The molecule has 4 heteroatoms. The van der Waals surface area contributed by atoms with Crippen LogP contribution in [0.3, 0.4) is 0 Å². The van der Waals surface area contributed by atoms with Crippen molar-refractivity contribution in [1.82, 2.24) is 4.98 Å². The van der Waals surface area contributed by atoms with E-state index in [1.54, 1.807) is 6.07 Å². The van der Waals surface area contributed by atoms with Crippen LogP contribution in [0.5, 0.6) is 0 Å². The van der Waals surface area contributed by atoms with Gasteiger partial charge in [-0.1, -0.05) is 35.3 Å². The maximum Gasteiger partial charge on any atom is 0.135 e. The van der Waals surface area contributed by atoms with E-state index in [-0.39, 0.29) is 6.04 Å². The van der Waals surface area contributed by atoms with Crippen LogP contribution in [0.25, 0.3) is 0 Å². The van der Waals surface area contributed by atoms with Crippen LogP contribution >= 0.6 is 23.2 Å². The summed E-state index contributed by atoms with van der Waals surface area (Å²) < 4.78 is 0. The number of hydrogen-bond donors (Lipinski definition) is 1. The molecule has 0 unspecified atom stereocenters. The van der Waals surface area contributed by atoms with E-state index in [1.807, 2.05) is 12.1 Å². The van der Waals surface area contributed by atoms with Gasteiger partial charge in [0, 0.05) is 11.6 Å². The van der Waals surface area contributed by atoms with Crippen molar-refractivity contribution in [2.24, 2.45) is 5.73 Å². The van der Waals surface area contributed by atoms with Crippen molar-refractivity contribution < 1.29 is 0 Å². The smallest absolute Gasteiger partial charge is 0.135 e. The van der Waals surface area contributed by atoms with Gasteiger partial charge in [0.25, 0.3) is 0 Å². The molecule has 1 aromatic heterocycles. The number of nitrogens with zero attached hydrogens (tertiary/aromatic N) is 1. The molecule has 2 nitrogen and oxygen atoms in total. The monoisotopic (exact) mass is 230 g/mol. The molecule has 1 heterocycles. The van der Waals surface area contributed by atoms with Crippen LogP contribution in [-0.2, 0) is 0 Å². The zero-order valence-electron chi connectivity index (χ0n) is 7.71. The Balaban J connectivity index is 2.78. The molecule has 0 bridgehead atoms. The van der Waals surface area contributed by atoms with Gasteiger partial charge < -0.3 is 5.73 Å². The van der Waals surface area contributed by atoms with E-state index in [2.05, 4.69) is 11.6 Å². The van der Waals surface area contributed by atoms with Gasteiger partial charge in [-0.25, -0.2) is 4.98 Å². The Kier molecular flexibility index (Phi) is 4.39. The lowest BCUT2D eigenvalue weighted by Gasteiger charge is -2.11. The lowest BCUT2D eigenvalue weighted by molar-refractivity contribution is 0.659. The molecule has 14 heavy (non-hydrogen) atoms. The molecule has 2 N–H and O–H groups in total. The van der Waals surface area contributed by atoms with Gasteiger partial charge in [0.15, 0.2) is 0 Å². The molecule has 0 saturated heterocycles. The Labute approximate surface area is 93.7 Å². The fourth-order valence-corrected chi connectivity index (χ4v) is 1.64. The second-order valence-electron chi connectivity index (χ2n) is 2.99. The standard InChI is InChI=1S/C10H12Cl2N2/c1-2-3-4-8(13)7-5-6-9(11)14-10(7)12/h2,5-6,8H,1,3-4,13H2/t8-/m0/s1. The van der Waals surface area contributed by atoms with E-state index in [0.717, 1.165) is 18.4 Å². The first kappa shape index (κ1) is 11.5. The molecular formula is C10H12Cl2N2. The third kappa shape index (κ3) is 2.98. The maximum atomic E-state index is 5.92. The number of pyridine rings is 1. The van der Waals surface area contributed by atoms with Crippen molar-refractivity contribution >= 4 is 23.2 Å². The summed E-state index contributed by atoms with van der Waals surface area (Å²) in [6, 6.07) is 3.40. The number of hydrogen-bond acceptors (Lipinski definition) is 2. The minimum absolute atomic E-state index is 0.106. The highest BCUT2D eigenvalue weighted by molar-refractivity contribution is 6.32. The van der Waals surface area contributed by atoms with Crippen LogP contribution in [-0.4, -0.2) is 4.98 Å². The Morgan fingerprint density at radius 1 is 1.50 bits per heavy atom. The van der Waals surface area contributed by atoms with Crippen LogP contribution in [0.2, 0.25) is 10.3 Å². The molecule has 0 fully saturated rings. The second kappa shape index (κ2) is 5.35. The molecule has 0 aliphatic heterocycles. The quantitative estimate of drug-likeness (QED) is 0.637. The summed E-state index contributed by atoms with van der Waals surface area (Å²) in [7, 11) is 0. The normalized spacial score (nSPS) is 12.5. The number of halogens is 2. The lowest BCUT2D eigenvalue weighted by Crippen LogP contribution is -2.10. The molecule has 1 atom stereocenters. The summed E-state index contributed by atoms with van der Waals surface area (Å²) in [5.74, 6) is 0. The van der Waals surface area contributed by atoms with Gasteiger partial charge in [0.1, 0.15) is 10.3 Å². The van der Waals surface area contributed by atoms with E-state index in [0.29, 0.717) is 10.3 Å². The van der Waals surface area contributed by atoms with Gasteiger partial charge in [-0.3, -0.25) is 0 Å². The topological polar surface area (TPSA) is 38.9 Å². The Bertz CT molecular complexity index is 326. The first-order valence-corrected chi connectivity index (χ1v) is 5.09. The largest absolute Gasteiger partial charge is 0.324 e. The highest BCUT2D eigenvalue weighted by Gasteiger charge is 2.10. The average Bonchev–Trinajstić information content (AvgIpc) is 2.14. The third-order valence-corrected chi connectivity index (χ3v) is 2.44. The molecule has 0 aromatic carbocycles. The van der Waals surface area contributed by atoms with Crippen LogP contribution in [0.4, 0.5) is 0 Å². The van der Waals surface area contributed by atoms with E-state index < -0.39 is 0 Å². The highest BCUT2D eigenvalue weighted by atomic mass is 35.5. The summed E-state index contributed by atoms with van der Waals surface area (Å²) in [6.45, 7) is 3.64. The molecule has 1 aromatic rings. The van der Waals surface area contributed by atoms with Crippen molar-refractivity contribution in [2.45, 2.75) is 18.9 Å². The molecule has 0 aliphatic rings. The third-order valence-electron chi connectivity index (χ3n) is 1.92. The summed E-state index contributed by atoms with van der Waals surface area (Å²) >= 11 is 11.6. The van der Waals surface area contributed by atoms with Crippen LogP contribution in [0.15, 0.2) is 24.8 Å². The summed E-state index contributed by atoms with van der Waals surface area (Å²) in [5, 5.41) is 0.767. The number of rotatable bonds is 4. The summed E-state index contributed by atoms with van der Waals surface area (Å²) in [5.41, 5.74) is 6.75. The maximum absolute atomic E-state index is 5.92. The Morgan fingerprint density at radius 3 is 2.79 bits per heavy atom. The molecule has 0 saturated carbocycles. The average molecular weight is 231 g/mol. The highest BCUT2D eigenvalue weighted by Crippen LogP contribution is 2.24. The van der Waals surface area contributed by atoms with E-state index >= 15 is 0 Å². The van der Waals surface area contributed by atoms with E-state index in [1.165, 1.54) is 0 Å². The SMILES string of the molecule is C=CCC[C@H](N)c1ccc(Cl)nc1Cl. The second-order valence-corrected chi connectivity index (χ2v) is 3.73. The molecule has 1 rings (SSSR count). The van der Waals surface area contributed by atoms with Crippen molar-refractivity contribution in [2.75, 3.05) is 0 Å². The zero-order valence-corrected chi connectivity index (χ0v) is 9.22. The van der Waals surface area contributed by atoms with Crippen LogP contribution in [0.1, 0.15) is 24.4 Å². The molecule has 0 radical (unpaired) electrons. The first-order chi connectivity index (χ1) is 6.65. The van der Waals surface area contributed by atoms with Crippen molar-refractivity contribution in [3.63, 3.8) is 0 Å². The van der Waals surface area contributed by atoms with Crippen molar-refractivity contribution in [1.29, 1.82) is 0 Å². The fourth-order valence-electron chi connectivity index (χ4n) is 1.15. The minimum atomic E-state index is -0.106. The number of allylic oxidation sites excluding steroid dienone is 1. The molecule has 0 spiro atoms. The van der Waals surface area contributed by atoms with Crippen LogP contribution in [0, 0.1) is 0 Å². The van der Waals surface area contributed by atoms with Gasteiger partial charge >= 0.3 is 0 Å². The lowest BCUT2D eigenvalue weighted by atomic mass is 10.1. The molecule has 0 aliphatic carbocycles. The van der Waals surface area contributed by atoms with Gasteiger partial charge in [0.2, 0.25) is 0 Å². The van der Waals surface area contributed by atoms with Gasteiger partial charge in [-0.2, -0.15) is 0 Å². The first-order valence-electron chi connectivity index (χ1n) is 4.33. The predicted molar refractivity (Wildman–Crippen MR) is 60.6 cm³/mol. The Hall–Kier alpha value is -0.570. The van der Waals surface area contributed by atoms with Gasteiger partial charge in [0.05, 0.1) is 0 Å². The summed E-state index contributed by atoms with van der Waals surface area (Å²) in [4.78, 5) is 3.93. The molecular weight excluding hydrogens is 219 g/mol. The van der Waals surface area contributed by atoms with E-state index in [9.17, 15) is 0 Å². The Morgan fingerprint density at radius 2 is 2.21 bits per heavy atom.